The molecule has 0 bridgehead atoms. The Kier molecular flexibility index (Phi) is 3.24. The average molecular weight is 198 g/mol. The van der Waals surface area contributed by atoms with E-state index in [0.29, 0.717) is 5.56 Å². The van der Waals surface area contributed by atoms with Gasteiger partial charge in [-0.05, 0) is 37.1 Å². The van der Waals surface area contributed by atoms with Crippen LogP contribution < -0.4 is 0 Å². The molecule has 78 valence electrons. The van der Waals surface area contributed by atoms with E-state index in [1.54, 1.807) is 19.9 Å². The average Bonchev–Trinajstić information content (AvgIpc) is 2.02. The van der Waals surface area contributed by atoms with Gasteiger partial charge in [0.15, 0.2) is 0 Å². The van der Waals surface area contributed by atoms with Crippen LogP contribution in [0.1, 0.15) is 18.1 Å². The zero-order valence-corrected chi connectivity index (χ0v) is 8.67. The zero-order valence-electron chi connectivity index (χ0n) is 8.67. The van der Waals surface area contributed by atoms with Crippen LogP contribution in [0.15, 0.2) is 18.2 Å². The molecule has 0 fully saturated rings. The van der Waals surface area contributed by atoms with E-state index in [-0.39, 0.29) is 12.4 Å². The van der Waals surface area contributed by atoms with Gasteiger partial charge >= 0.3 is 0 Å². The van der Waals surface area contributed by atoms with Crippen LogP contribution in [-0.2, 0) is 10.3 Å². The molecule has 0 aliphatic carbocycles. The molecule has 0 saturated carbocycles. The number of methoxy groups -OCH3 is 1. The van der Waals surface area contributed by atoms with Crippen molar-refractivity contribution in [2.75, 3.05) is 13.7 Å². The van der Waals surface area contributed by atoms with Gasteiger partial charge < -0.3 is 9.84 Å². The second-order valence-electron chi connectivity index (χ2n) is 3.67. The maximum absolute atomic E-state index is 12.8. The van der Waals surface area contributed by atoms with Gasteiger partial charge in [0.2, 0.25) is 0 Å². The summed E-state index contributed by atoms with van der Waals surface area (Å²) in [6.07, 6.45) is 0. The first-order valence-electron chi connectivity index (χ1n) is 4.45. The highest BCUT2D eigenvalue weighted by Gasteiger charge is 2.24. The highest BCUT2D eigenvalue weighted by Crippen LogP contribution is 2.24. The van der Waals surface area contributed by atoms with E-state index >= 15 is 0 Å². The SMILES string of the molecule is COCC(C)(O)c1ccc(F)cc1C. The van der Waals surface area contributed by atoms with Crippen molar-refractivity contribution >= 4 is 0 Å². The van der Waals surface area contributed by atoms with Crippen molar-refractivity contribution in [3.63, 3.8) is 0 Å². The van der Waals surface area contributed by atoms with E-state index in [1.165, 1.54) is 19.2 Å². The van der Waals surface area contributed by atoms with Crippen molar-refractivity contribution in [1.82, 2.24) is 0 Å². The first-order chi connectivity index (χ1) is 6.47. The molecule has 0 radical (unpaired) electrons. The molecule has 0 aliphatic heterocycles. The fourth-order valence-electron chi connectivity index (χ4n) is 1.59. The van der Waals surface area contributed by atoms with Crippen molar-refractivity contribution in [2.24, 2.45) is 0 Å². The molecule has 3 heteroatoms. The van der Waals surface area contributed by atoms with E-state index < -0.39 is 5.60 Å². The number of ether oxygens (including phenoxy) is 1. The minimum atomic E-state index is -1.06. The molecule has 1 aromatic rings. The number of benzene rings is 1. The van der Waals surface area contributed by atoms with Crippen LogP contribution in [0.3, 0.4) is 0 Å². The Morgan fingerprint density at radius 3 is 2.64 bits per heavy atom. The lowest BCUT2D eigenvalue weighted by molar-refractivity contribution is -0.0212. The third-order valence-corrected chi connectivity index (χ3v) is 2.19. The van der Waals surface area contributed by atoms with Crippen LogP contribution in [-0.4, -0.2) is 18.8 Å². The highest BCUT2D eigenvalue weighted by molar-refractivity contribution is 5.31. The molecular weight excluding hydrogens is 183 g/mol. The highest BCUT2D eigenvalue weighted by atomic mass is 19.1. The van der Waals surface area contributed by atoms with E-state index in [1.807, 2.05) is 0 Å². The second-order valence-corrected chi connectivity index (χ2v) is 3.67. The van der Waals surface area contributed by atoms with Gasteiger partial charge in [0.25, 0.3) is 0 Å². The summed E-state index contributed by atoms with van der Waals surface area (Å²) < 4.78 is 17.7. The van der Waals surface area contributed by atoms with Crippen molar-refractivity contribution in [2.45, 2.75) is 19.4 Å². The van der Waals surface area contributed by atoms with Gasteiger partial charge in [0.1, 0.15) is 11.4 Å². The Morgan fingerprint density at radius 2 is 2.14 bits per heavy atom. The molecule has 1 aromatic carbocycles. The van der Waals surface area contributed by atoms with Crippen LogP contribution >= 0.6 is 0 Å². The first-order valence-corrected chi connectivity index (χ1v) is 4.45. The fraction of sp³-hybridized carbons (Fsp3) is 0.455. The normalized spacial score (nSPS) is 15.2. The maximum Gasteiger partial charge on any atom is 0.123 e. The fourth-order valence-corrected chi connectivity index (χ4v) is 1.59. The number of aryl methyl sites for hydroxylation is 1. The Morgan fingerprint density at radius 1 is 1.50 bits per heavy atom. The van der Waals surface area contributed by atoms with Gasteiger partial charge in [-0.2, -0.15) is 0 Å². The van der Waals surface area contributed by atoms with E-state index in [4.69, 9.17) is 4.74 Å². The number of halogens is 1. The Balaban J connectivity index is 3.06. The number of rotatable bonds is 3. The molecule has 0 amide bonds. The van der Waals surface area contributed by atoms with Crippen molar-refractivity contribution in [3.05, 3.63) is 35.1 Å². The minimum absolute atomic E-state index is 0.194. The van der Waals surface area contributed by atoms with Crippen LogP contribution in [0.5, 0.6) is 0 Å². The lowest BCUT2D eigenvalue weighted by atomic mass is 9.93. The molecular formula is C11H15FO2. The zero-order chi connectivity index (χ0) is 10.8. The van der Waals surface area contributed by atoms with E-state index in [9.17, 15) is 9.50 Å². The number of aliphatic hydroxyl groups is 1. The van der Waals surface area contributed by atoms with Gasteiger partial charge in [-0.3, -0.25) is 0 Å². The number of hydrogen-bond acceptors (Lipinski definition) is 2. The summed E-state index contributed by atoms with van der Waals surface area (Å²) in [5, 5.41) is 10.0. The molecule has 0 heterocycles. The smallest absolute Gasteiger partial charge is 0.123 e. The van der Waals surface area contributed by atoms with Crippen LogP contribution in [0.4, 0.5) is 4.39 Å². The van der Waals surface area contributed by atoms with E-state index in [0.717, 1.165) is 5.56 Å². The van der Waals surface area contributed by atoms with Crippen molar-refractivity contribution < 1.29 is 14.2 Å². The second kappa shape index (κ2) is 4.07. The topological polar surface area (TPSA) is 29.5 Å². The molecule has 1 rings (SSSR count). The van der Waals surface area contributed by atoms with Crippen LogP contribution in [0.25, 0.3) is 0 Å². The molecule has 0 aliphatic rings. The third-order valence-electron chi connectivity index (χ3n) is 2.19. The summed E-state index contributed by atoms with van der Waals surface area (Å²) in [5.41, 5.74) is 0.361. The van der Waals surface area contributed by atoms with Gasteiger partial charge in [-0.1, -0.05) is 6.07 Å². The Labute approximate surface area is 83.3 Å². The van der Waals surface area contributed by atoms with Gasteiger partial charge in [0, 0.05) is 7.11 Å². The van der Waals surface area contributed by atoms with Gasteiger partial charge in [0.05, 0.1) is 6.61 Å². The molecule has 0 aromatic heterocycles. The summed E-state index contributed by atoms with van der Waals surface area (Å²) in [5.74, 6) is -0.292. The van der Waals surface area contributed by atoms with E-state index in [2.05, 4.69) is 0 Å². The molecule has 14 heavy (non-hydrogen) atoms. The molecule has 0 saturated heterocycles. The maximum atomic E-state index is 12.8. The van der Waals surface area contributed by atoms with Crippen LogP contribution in [0, 0.1) is 12.7 Å². The lowest BCUT2D eigenvalue weighted by Gasteiger charge is -2.24. The Bertz CT molecular complexity index is 321. The minimum Gasteiger partial charge on any atom is -0.383 e. The molecule has 2 nitrogen and oxygen atoms in total. The summed E-state index contributed by atoms with van der Waals surface area (Å²) in [6.45, 7) is 3.61. The lowest BCUT2D eigenvalue weighted by Crippen LogP contribution is -2.28. The van der Waals surface area contributed by atoms with Crippen molar-refractivity contribution in [1.29, 1.82) is 0 Å². The monoisotopic (exact) mass is 198 g/mol. The molecule has 1 N–H and O–H groups in total. The number of hydrogen-bond donors (Lipinski definition) is 1. The predicted molar refractivity (Wildman–Crippen MR) is 52.6 cm³/mol. The van der Waals surface area contributed by atoms with Crippen molar-refractivity contribution in [3.8, 4) is 0 Å². The van der Waals surface area contributed by atoms with Gasteiger partial charge in [-0.25, -0.2) is 4.39 Å². The quantitative estimate of drug-likeness (QED) is 0.804. The van der Waals surface area contributed by atoms with Gasteiger partial charge in [-0.15, -0.1) is 0 Å². The Hall–Kier alpha value is -0.930. The largest absolute Gasteiger partial charge is 0.383 e. The molecule has 1 unspecified atom stereocenters. The summed E-state index contributed by atoms with van der Waals surface area (Å²) in [6, 6.07) is 4.33. The molecule has 0 spiro atoms. The first kappa shape index (κ1) is 11.1. The summed E-state index contributed by atoms with van der Waals surface area (Å²) in [7, 11) is 1.52. The van der Waals surface area contributed by atoms with Crippen LogP contribution in [0.2, 0.25) is 0 Å². The summed E-state index contributed by atoms with van der Waals surface area (Å²) >= 11 is 0. The third kappa shape index (κ3) is 2.30. The predicted octanol–water partition coefficient (Wildman–Crippen LogP) is 1.99. The summed E-state index contributed by atoms with van der Waals surface area (Å²) in [4.78, 5) is 0. The molecule has 1 atom stereocenters. The standard InChI is InChI=1S/C11H15FO2/c1-8-6-9(12)4-5-10(8)11(2,13)7-14-3/h4-6,13H,7H2,1-3H3.